The largest absolute Gasteiger partial charge is 0.497 e. The maximum absolute atomic E-state index is 12.2. The first-order valence-electron chi connectivity index (χ1n) is 8.81. The molecule has 0 unspecified atom stereocenters. The molecule has 31 heavy (non-hydrogen) atoms. The lowest BCUT2D eigenvalue weighted by molar-refractivity contribution is -0.384. The first-order valence-corrected chi connectivity index (χ1v) is 9.63. The number of para-hydroxylation sites is 2. The van der Waals surface area contributed by atoms with Gasteiger partial charge in [0.05, 0.1) is 19.1 Å². The number of aromatic nitrogens is 3. The van der Waals surface area contributed by atoms with E-state index in [1.165, 1.54) is 25.3 Å². The predicted octanol–water partition coefficient (Wildman–Crippen LogP) is 3.09. The third-order valence-electron chi connectivity index (χ3n) is 4.11. The van der Waals surface area contributed by atoms with Crippen LogP contribution in [-0.4, -0.2) is 44.9 Å². The van der Waals surface area contributed by atoms with Gasteiger partial charge >= 0.3 is 5.97 Å². The fourth-order valence-corrected chi connectivity index (χ4v) is 3.25. The number of thioether (sulfide) groups is 1. The Morgan fingerprint density at radius 2 is 1.87 bits per heavy atom. The van der Waals surface area contributed by atoms with E-state index in [9.17, 15) is 14.9 Å². The summed E-state index contributed by atoms with van der Waals surface area (Å²) in [4.78, 5) is 22.8. The SMILES string of the molecule is COC(=O)/C(=N/Nc1ccccc1[N+](=O)[O-])Sc1nnc(-c2ccc(OC)cc2)n1C. The maximum atomic E-state index is 12.2. The van der Waals surface area contributed by atoms with Crippen LogP contribution in [0.1, 0.15) is 0 Å². The second-order valence-electron chi connectivity index (χ2n) is 5.99. The number of nitrogens with one attached hydrogen (secondary N) is 1. The van der Waals surface area contributed by atoms with Gasteiger partial charge in [0.2, 0.25) is 5.04 Å². The first-order chi connectivity index (χ1) is 14.9. The zero-order valence-electron chi connectivity index (χ0n) is 16.8. The van der Waals surface area contributed by atoms with Crippen LogP contribution in [0.15, 0.2) is 58.8 Å². The molecule has 1 N–H and O–H groups in total. The minimum absolute atomic E-state index is 0.0996. The van der Waals surface area contributed by atoms with Gasteiger partial charge in [0.1, 0.15) is 11.4 Å². The number of methoxy groups -OCH3 is 2. The highest BCUT2D eigenvalue weighted by molar-refractivity contribution is 8.15. The van der Waals surface area contributed by atoms with Crippen molar-refractivity contribution in [2.45, 2.75) is 5.16 Å². The lowest BCUT2D eigenvalue weighted by atomic mass is 10.2. The summed E-state index contributed by atoms with van der Waals surface area (Å²) in [6.45, 7) is 0. The lowest BCUT2D eigenvalue weighted by Crippen LogP contribution is -2.15. The van der Waals surface area contributed by atoms with Gasteiger partial charge in [-0.15, -0.1) is 10.2 Å². The Morgan fingerprint density at radius 3 is 2.52 bits per heavy atom. The number of anilines is 1. The zero-order valence-corrected chi connectivity index (χ0v) is 17.6. The van der Waals surface area contributed by atoms with Gasteiger partial charge in [0, 0.05) is 18.7 Å². The van der Waals surface area contributed by atoms with Crippen LogP contribution < -0.4 is 10.2 Å². The molecule has 0 aliphatic heterocycles. The predicted molar refractivity (Wildman–Crippen MR) is 115 cm³/mol. The van der Waals surface area contributed by atoms with Crippen molar-refractivity contribution in [2.75, 3.05) is 19.6 Å². The molecular formula is C19H18N6O5S. The van der Waals surface area contributed by atoms with Gasteiger partial charge in [-0.3, -0.25) is 15.5 Å². The number of hydrogen-bond donors (Lipinski definition) is 1. The number of carbonyl (C=O) groups is 1. The quantitative estimate of drug-likeness (QED) is 0.153. The van der Waals surface area contributed by atoms with Crippen LogP contribution in [0.25, 0.3) is 11.4 Å². The monoisotopic (exact) mass is 442 g/mol. The Bertz CT molecular complexity index is 1130. The van der Waals surface area contributed by atoms with E-state index in [0.29, 0.717) is 16.7 Å². The molecular weight excluding hydrogens is 424 g/mol. The maximum Gasteiger partial charge on any atom is 0.365 e. The number of nitrogens with zero attached hydrogens (tertiary/aromatic N) is 5. The molecule has 3 rings (SSSR count). The molecule has 0 bridgehead atoms. The number of hydrogen-bond acceptors (Lipinski definition) is 10. The number of hydrazone groups is 1. The summed E-state index contributed by atoms with van der Waals surface area (Å²) in [6, 6.07) is 13.2. The summed E-state index contributed by atoms with van der Waals surface area (Å²) in [5, 5.41) is 23.7. The Kier molecular flexibility index (Phi) is 6.82. The Morgan fingerprint density at radius 1 is 1.16 bits per heavy atom. The molecule has 11 nitrogen and oxygen atoms in total. The van der Waals surface area contributed by atoms with E-state index in [2.05, 4.69) is 20.7 Å². The molecule has 0 atom stereocenters. The van der Waals surface area contributed by atoms with Crippen molar-refractivity contribution in [1.82, 2.24) is 14.8 Å². The fourth-order valence-electron chi connectivity index (χ4n) is 2.52. The summed E-state index contributed by atoms with van der Waals surface area (Å²) in [7, 11) is 4.53. The molecule has 12 heteroatoms. The van der Waals surface area contributed by atoms with Gasteiger partial charge in [-0.05, 0) is 42.1 Å². The number of rotatable bonds is 6. The summed E-state index contributed by atoms with van der Waals surface area (Å²) < 4.78 is 11.6. The molecule has 3 aromatic rings. The second-order valence-corrected chi connectivity index (χ2v) is 6.95. The number of ether oxygens (including phenoxy) is 2. The number of benzene rings is 2. The molecule has 1 aromatic heterocycles. The number of nitro benzene ring substituents is 1. The van der Waals surface area contributed by atoms with E-state index in [1.54, 1.807) is 36.9 Å². The number of carbonyl (C=O) groups excluding carboxylic acids is 1. The summed E-state index contributed by atoms with van der Waals surface area (Å²) in [6.07, 6.45) is 0. The van der Waals surface area contributed by atoms with Crippen LogP contribution >= 0.6 is 11.8 Å². The normalized spacial score (nSPS) is 11.1. The van der Waals surface area contributed by atoms with E-state index >= 15 is 0 Å². The third kappa shape index (κ3) is 4.98. The standard InChI is InChI=1S/C19H18N6O5S/c1-24-16(12-8-10-13(29-2)11-9-12)21-23-19(24)31-17(18(26)30-3)22-20-14-6-4-5-7-15(14)25(27)28/h4-11,20H,1-3H3/b22-17-. The van der Waals surface area contributed by atoms with Crippen molar-refractivity contribution in [3.8, 4) is 17.1 Å². The first kappa shape index (κ1) is 21.8. The van der Waals surface area contributed by atoms with E-state index in [-0.39, 0.29) is 16.4 Å². The molecule has 0 aliphatic carbocycles. The van der Waals surface area contributed by atoms with Crippen LogP contribution in [0.2, 0.25) is 0 Å². The molecule has 0 amide bonds. The van der Waals surface area contributed by atoms with Crippen molar-refractivity contribution in [3.63, 3.8) is 0 Å². The highest BCUT2D eigenvalue weighted by Crippen LogP contribution is 2.27. The highest BCUT2D eigenvalue weighted by atomic mass is 32.2. The van der Waals surface area contributed by atoms with Crippen LogP contribution in [0, 0.1) is 10.1 Å². The second kappa shape index (κ2) is 9.71. The molecule has 0 saturated carbocycles. The van der Waals surface area contributed by atoms with Gasteiger partial charge in [-0.1, -0.05) is 12.1 Å². The van der Waals surface area contributed by atoms with Crippen molar-refractivity contribution < 1.29 is 19.2 Å². The molecule has 0 saturated heterocycles. The Balaban J connectivity index is 1.87. The van der Waals surface area contributed by atoms with E-state index in [1.807, 2.05) is 12.1 Å². The minimum Gasteiger partial charge on any atom is -0.497 e. The van der Waals surface area contributed by atoms with Gasteiger partial charge in [-0.25, -0.2) is 4.79 Å². The lowest BCUT2D eigenvalue weighted by Gasteiger charge is -2.07. The average molecular weight is 442 g/mol. The summed E-state index contributed by atoms with van der Waals surface area (Å²) in [5.41, 5.74) is 3.31. The topological polar surface area (TPSA) is 134 Å². The van der Waals surface area contributed by atoms with Gasteiger partial charge < -0.3 is 14.0 Å². The number of esters is 1. The molecule has 0 aliphatic rings. The molecule has 1 heterocycles. The summed E-state index contributed by atoms with van der Waals surface area (Å²) >= 11 is 0.912. The van der Waals surface area contributed by atoms with Crippen LogP contribution in [0.3, 0.4) is 0 Å². The van der Waals surface area contributed by atoms with E-state index in [4.69, 9.17) is 9.47 Å². The number of nitro groups is 1. The fraction of sp³-hybridized carbons (Fsp3) is 0.158. The summed E-state index contributed by atoms with van der Waals surface area (Å²) in [5.74, 6) is 0.549. The van der Waals surface area contributed by atoms with Crippen molar-refractivity contribution in [3.05, 3.63) is 58.6 Å². The Hall–Kier alpha value is -3.93. The minimum atomic E-state index is -0.731. The molecule has 160 valence electrons. The average Bonchev–Trinajstić information content (AvgIpc) is 3.16. The van der Waals surface area contributed by atoms with E-state index in [0.717, 1.165) is 17.3 Å². The molecule has 0 radical (unpaired) electrons. The van der Waals surface area contributed by atoms with Crippen molar-refractivity contribution in [1.29, 1.82) is 0 Å². The highest BCUT2D eigenvalue weighted by Gasteiger charge is 2.21. The zero-order chi connectivity index (χ0) is 22.4. The van der Waals surface area contributed by atoms with Crippen molar-refractivity contribution >= 4 is 34.1 Å². The molecule has 2 aromatic carbocycles. The van der Waals surface area contributed by atoms with Crippen LogP contribution in [0.5, 0.6) is 5.75 Å². The van der Waals surface area contributed by atoms with Crippen LogP contribution in [0.4, 0.5) is 11.4 Å². The van der Waals surface area contributed by atoms with E-state index < -0.39 is 10.9 Å². The van der Waals surface area contributed by atoms with Gasteiger partial charge in [-0.2, -0.15) is 5.10 Å². The van der Waals surface area contributed by atoms with Gasteiger partial charge in [0.25, 0.3) is 5.69 Å². The third-order valence-corrected chi connectivity index (χ3v) is 5.10. The van der Waals surface area contributed by atoms with Crippen LogP contribution in [-0.2, 0) is 16.6 Å². The van der Waals surface area contributed by atoms with Gasteiger partial charge in [0.15, 0.2) is 11.0 Å². The Labute approximate surface area is 181 Å². The van der Waals surface area contributed by atoms with Crippen molar-refractivity contribution in [2.24, 2.45) is 12.1 Å². The molecule has 0 spiro atoms. The molecule has 0 fully saturated rings. The smallest absolute Gasteiger partial charge is 0.365 e.